The molecule has 0 aromatic heterocycles. The van der Waals surface area contributed by atoms with E-state index in [1.165, 1.54) is 0 Å². The molecule has 2 aliphatic heterocycles. The van der Waals surface area contributed by atoms with Crippen molar-refractivity contribution in [2.45, 2.75) is 38.3 Å². The van der Waals surface area contributed by atoms with E-state index < -0.39 is 0 Å². The van der Waals surface area contributed by atoms with Gasteiger partial charge in [0.25, 0.3) is 0 Å². The van der Waals surface area contributed by atoms with Crippen LogP contribution in [0.5, 0.6) is 0 Å². The lowest BCUT2D eigenvalue weighted by atomic mass is 10.0. The van der Waals surface area contributed by atoms with E-state index in [1.807, 2.05) is 23.1 Å². The third kappa shape index (κ3) is 1.11. The van der Waals surface area contributed by atoms with Crippen LogP contribution in [-0.4, -0.2) is 11.6 Å². The van der Waals surface area contributed by atoms with Gasteiger partial charge in [-0.25, -0.2) is 0 Å². The van der Waals surface area contributed by atoms with E-state index in [4.69, 9.17) is 0 Å². The number of hydrogen-bond acceptors (Lipinski definition) is 2. The molecule has 0 radical (unpaired) electrons. The quantitative estimate of drug-likeness (QED) is 0.824. The molecule has 1 aromatic rings. The van der Waals surface area contributed by atoms with Gasteiger partial charge in [-0.15, -0.1) is 0 Å². The van der Waals surface area contributed by atoms with Gasteiger partial charge in [-0.2, -0.15) is 0 Å². The molecule has 0 saturated carbocycles. The molecule has 3 rings (SSSR count). The summed E-state index contributed by atoms with van der Waals surface area (Å²) in [6.07, 6.45) is 3.70. The van der Waals surface area contributed by atoms with Gasteiger partial charge in [-0.1, -0.05) is 25.5 Å². The van der Waals surface area contributed by atoms with Crippen molar-refractivity contribution >= 4 is 17.3 Å². The molecular weight excluding hydrogens is 200 g/mol. The van der Waals surface area contributed by atoms with Gasteiger partial charge in [-0.05, 0) is 25.0 Å². The Morgan fingerprint density at radius 2 is 2.25 bits per heavy atom. The van der Waals surface area contributed by atoms with Crippen LogP contribution in [0.1, 0.15) is 32.6 Å². The Hall–Kier alpha value is -1.51. The summed E-state index contributed by atoms with van der Waals surface area (Å²) < 4.78 is 0. The molecule has 1 amide bonds. The number of hydrogen-bond donors (Lipinski definition) is 1. The van der Waals surface area contributed by atoms with Crippen LogP contribution in [0.2, 0.25) is 0 Å². The van der Waals surface area contributed by atoms with Gasteiger partial charge < -0.3 is 5.32 Å². The molecule has 3 heteroatoms. The molecule has 0 unspecified atom stereocenters. The summed E-state index contributed by atoms with van der Waals surface area (Å²) >= 11 is 0. The number of nitrogens with zero attached hydrogens (tertiary/aromatic N) is 1. The predicted octanol–water partition coefficient (Wildman–Crippen LogP) is 2.74. The summed E-state index contributed by atoms with van der Waals surface area (Å²) in [6.45, 7) is 2.17. The monoisotopic (exact) mass is 216 g/mol. The van der Waals surface area contributed by atoms with Crippen molar-refractivity contribution in [3.05, 3.63) is 24.3 Å². The SMILES string of the molecule is CCC[C@@]12CCC(=O)N1c1ccccc1N2. The number of carbonyl (C=O) groups excluding carboxylic acids is 1. The normalized spacial score (nSPS) is 26.6. The van der Waals surface area contributed by atoms with Crippen LogP contribution >= 0.6 is 0 Å². The fraction of sp³-hybridized carbons (Fsp3) is 0.462. The summed E-state index contributed by atoms with van der Waals surface area (Å²) in [7, 11) is 0. The Morgan fingerprint density at radius 3 is 3.06 bits per heavy atom. The van der Waals surface area contributed by atoms with Crippen LogP contribution < -0.4 is 10.2 Å². The molecule has 16 heavy (non-hydrogen) atoms. The third-order valence-corrected chi connectivity index (χ3v) is 3.61. The van der Waals surface area contributed by atoms with Crippen molar-refractivity contribution in [1.29, 1.82) is 0 Å². The van der Waals surface area contributed by atoms with E-state index in [2.05, 4.69) is 18.3 Å². The summed E-state index contributed by atoms with van der Waals surface area (Å²) in [5, 5.41) is 3.55. The van der Waals surface area contributed by atoms with E-state index in [9.17, 15) is 4.79 Å². The van der Waals surface area contributed by atoms with Crippen molar-refractivity contribution in [3.63, 3.8) is 0 Å². The Labute approximate surface area is 95.4 Å². The van der Waals surface area contributed by atoms with E-state index in [-0.39, 0.29) is 11.6 Å². The minimum atomic E-state index is -0.129. The summed E-state index contributed by atoms with van der Waals surface area (Å²) in [4.78, 5) is 14.0. The maximum atomic E-state index is 12.0. The van der Waals surface area contributed by atoms with Crippen LogP contribution in [0.4, 0.5) is 11.4 Å². The predicted molar refractivity (Wildman–Crippen MR) is 64.4 cm³/mol. The molecule has 1 saturated heterocycles. The molecule has 1 fully saturated rings. The zero-order chi connectivity index (χ0) is 11.2. The third-order valence-electron chi connectivity index (χ3n) is 3.61. The highest BCUT2D eigenvalue weighted by molar-refractivity contribution is 6.03. The van der Waals surface area contributed by atoms with Gasteiger partial charge in [0.1, 0.15) is 5.66 Å². The number of fused-ring (bicyclic) bond motifs is 3. The van der Waals surface area contributed by atoms with Crippen LogP contribution in [0.3, 0.4) is 0 Å². The first-order valence-electron chi connectivity index (χ1n) is 5.97. The summed E-state index contributed by atoms with van der Waals surface area (Å²) in [6, 6.07) is 8.09. The summed E-state index contributed by atoms with van der Waals surface area (Å²) in [5.41, 5.74) is 2.03. The van der Waals surface area contributed by atoms with Crippen molar-refractivity contribution in [1.82, 2.24) is 0 Å². The van der Waals surface area contributed by atoms with E-state index in [0.29, 0.717) is 6.42 Å². The number of rotatable bonds is 2. The molecule has 1 atom stereocenters. The molecule has 84 valence electrons. The minimum absolute atomic E-state index is 0.129. The van der Waals surface area contributed by atoms with Crippen molar-refractivity contribution < 1.29 is 4.79 Å². The first-order valence-corrected chi connectivity index (χ1v) is 5.97. The lowest BCUT2D eigenvalue weighted by molar-refractivity contribution is -0.117. The fourth-order valence-corrected chi connectivity index (χ4v) is 3.00. The van der Waals surface area contributed by atoms with E-state index >= 15 is 0 Å². The fourth-order valence-electron chi connectivity index (χ4n) is 3.00. The number of benzene rings is 1. The first kappa shape index (κ1) is 9.70. The molecule has 0 aliphatic carbocycles. The molecular formula is C13H16N2O. The Kier molecular flexibility index (Phi) is 1.96. The molecule has 2 aliphatic rings. The van der Waals surface area contributed by atoms with Gasteiger partial charge in [0.15, 0.2) is 0 Å². The van der Waals surface area contributed by atoms with E-state index in [1.54, 1.807) is 0 Å². The standard InChI is InChI=1S/C13H16N2O/c1-2-8-13-9-7-12(16)15(13)11-6-4-3-5-10(11)14-13/h3-6,14H,2,7-9H2,1H3/t13-/m0/s1. The average molecular weight is 216 g/mol. The Balaban J connectivity index is 2.08. The number of amides is 1. The lowest BCUT2D eigenvalue weighted by Gasteiger charge is -2.32. The second-order valence-electron chi connectivity index (χ2n) is 4.65. The van der Waals surface area contributed by atoms with E-state index in [0.717, 1.165) is 30.6 Å². The largest absolute Gasteiger partial charge is 0.361 e. The van der Waals surface area contributed by atoms with Crippen molar-refractivity contribution in [2.24, 2.45) is 0 Å². The number of nitrogens with one attached hydrogen (secondary N) is 1. The lowest BCUT2D eigenvalue weighted by Crippen LogP contribution is -2.47. The molecule has 1 N–H and O–H groups in total. The molecule has 1 aromatic carbocycles. The highest BCUT2D eigenvalue weighted by Crippen LogP contribution is 2.47. The molecule has 2 heterocycles. The van der Waals surface area contributed by atoms with Gasteiger partial charge in [-0.3, -0.25) is 9.69 Å². The zero-order valence-electron chi connectivity index (χ0n) is 9.49. The maximum absolute atomic E-state index is 12.0. The summed E-state index contributed by atoms with van der Waals surface area (Å²) in [5.74, 6) is 0.255. The topological polar surface area (TPSA) is 32.3 Å². The highest BCUT2D eigenvalue weighted by atomic mass is 16.2. The Morgan fingerprint density at radius 1 is 1.44 bits per heavy atom. The number of para-hydroxylation sites is 2. The van der Waals surface area contributed by atoms with Crippen LogP contribution in [0, 0.1) is 0 Å². The Bertz CT molecular complexity index is 443. The minimum Gasteiger partial charge on any atom is -0.361 e. The molecule has 0 bridgehead atoms. The van der Waals surface area contributed by atoms with Gasteiger partial charge >= 0.3 is 0 Å². The first-order chi connectivity index (χ1) is 7.77. The zero-order valence-corrected chi connectivity index (χ0v) is 9.49. The number of carbonyl (C=O) groups is 1. The number of anilines is 2. The second kappa shape index (κ2) is 3.24. The second-order valence-corrected chi connectivity index (χ2v) is 4.65. The smallest absolute Gasteiger partial charge is 0.229 e. The van der Waals surface area contributed by atoms with Crippen LogP contribution in [0.25, 0.3) is 0 Å². The van der Waals surface area contributed by atoms with Gasteiger partial charge in [0.2, 0.25) is 5.91 Å². The highest BCUT2D eigenvalue weighted by Gasteiger charge is 2.50. The maximum Gasteiger partial charge on any atom is 0.229 e. The van der Waals surface area contributed by atoms with Crippen molar-refractivity contribution in [2.75, 3.05) is 10.2 Å². The average Bonchev–Trinajstić information content (AvgIpc) is 2.75. The van der Waals surface area contributed by atoms with Crippen LogP contribution in [0.15, 0.2) is 24.3 Å². The van der Waals surface area contributed by atoms with Crippen LogP contribution in [-0.2, 0) is 4.79 Å². The van der Waals surface area contributed by atoms with Crippen molar-refractivity contribution in [3.8, 4) is 0 Å². The van der Waals surface area contributed by atoms with Gasteiger partial charge in [0.05, 0.1) is 11.4 Å². The molecule has 3 nitrogen and oxygen atoms in total. The molecule has 0 spiro atoms. The van der Waals surface area contributed by atoms with Gasteiger partial charge in [0, 0.05) is 6.42 Å².